The van der Waals surface area contributed by atoms with Gasteiger partial charge in [0.05, 0.1) is 0 Å². The van der Waals surface area contributed by atoms with Crippen LogP contribution in [0.25, 0.3) is 0 Å². The lowest BCUT2D eigenvalue weighted by molar-refractivity contribution is -0.141. The van der Waals surface area contributed by atoms with E-state index >= 15 is 0 Å². The fourth-order valence-electron chi connectivity index (χ4n) is 1.55. The molecule has 0 saturated carbocycles. The van der Waals surface area contributed by atoms with Crippen LogP contribution in [0.2, 0.25) is 0 Å². The topological polar surface area (TPSA) is 29.5 Å². The fraction of sp³-hybridized carbons (Fsp3) is 0.417. The van der Waals surface area contributed by atoms with E-state index in [1.165, 1.54) is 0 Å². The first-order valence-corrected chi connectivity index (χ1v) is 5.28. The molecule has 1 aliphatic rings. The molecule has 3 heteroatoms. The first kappa shape index (κ1) is 10.0. The van der Waals surface area contributed by atoms with Crippen LogP contribution in [0.15, 0.2) is 30.3 Å². The van der Waals surface area contributed by atoms with Crippen molar-refractivity contribution in [2.45, 2.75) is 19.4 Å². The molecule has 1 atom stereocenters. The first-order valence-electron chi connectivity index (χ1n) is 5.28. The molecule has 1 heterocycles. The molecular formula is C12H15NO2. The van der Waals surface area contributed by atoms with Gasteiger partial charge >= 0.3 is 0 Å². The Bertz CT molecular complexity index is 333. The van der Waals surface area contributed by atoms with Gasteiger partial charge in [0.15, 0.2) is 6.10 Å². The second-order valence-corrected chi connectivity index (χ2v) is 3.75. The number of ether oxygens (including phenoxy) is 1. The molecule has 0 N–H and O–H groups in total. The predicted octanol–water partition coefficient (Wildman–Crippen LogP) is 1.69. The molecule has 0 radical (unpaired) electrons. The van der Waals surface area contributed by atoms with Gasteiger partial charge in [-0.2, -0.15) is 0 Å². The number of hydrogen-bond acceptors (Lipinski definition) is 2. The van der Waals surface area contributed by atoms with Crippen LogP contribution in [0, 0.1) is 0 Å². The summed E-state index contributed by atoms with van der Waals surface area (Å²) in [6.45, 7) is 3.55. The van der Waals surface area contributed by atoms with Crippen molar-refractivity contribution < 1.29 is 9.53 Å². The van der Waals surface area contributed by atoms with Crippen molar-refractivity contribution >= 4 is 5.91 Å². The first-order chi connectivity index (χ1) is 7.27. The molecule has 1 aromatic rings. The van der Waals surface area contributed by atoms with Crippen molar-refractivity contribution in [1.82, 2.24) is 4.90 Å². The molecule has 0 aliphatic carbocycles. The monoisotopic (exact) mass is 205 g/mol. The van der Waals surface area contributed by atoms with Gasteiger partial charge in [0.1, 0.15) is 5.75 Å². The Labute approximate surface area is 89.7 Å². The highest BCUT2D eigenvalue weighted by molar-refractivity contribution is 5.81. The van der Waals surface area contributed by atoms with Crippen molar-refractivity contribution in [2.75, 3.05) is 13.1 Å². The van der Waals surface area contributed by atoms with Crippen molar-refractivity contribution in [2.24, 2.45) is 0 Å². The predicted molar refractivity (Wildman–Crippen MR) is 57.7 cm³/mol. The van der Waals surface area contributed by atoms with Crippen LogP contribution >= 0.6 is 0 Å². The number of benzene rings is 1. The zero-order valence-electron chi connectivity index (χ0n) is 8.85. The molecule has 1 fully saturated rings. The van der Waals surface area contributed by atoms with Gasteiger partial charge in [-0.3, -0.25) is 4.79 Å². The molecule has 80 valence electrons. The standard InChI is InChI=1S/C12H15NO2/c1-10(12(14)13-8-5-9-13)15-11-6-3-2-4-7-11/h2-4,6-7,10H,5,8-9H2,1H3. The van der Waals surface area contributed by atoms with Crippen LogP contribution in [-0.2, 0) is 4.79 Å². The highest BCUT2D eigenvalue weighted by atomic mass is 16.5. The molecule has 1 aromatic carbocycles. The lowest BCUT2D eigenvalue weighted by atomic mass is 10.2. The summed E-state index contributed by atoms with van der Waals surface area (Å²) in [5, 5.41) is 0. The van der Waals surface area contributed by atoms with Crippen LogP contribution in [0.4, 0.5) is 0 Å². The maximum Gasteiger partial charge on any atom is 0.263 e. The normalized spacial score (nSPS) is 16.7. The lowest BCUT2D eigenvalue weighted by Gasteiger charge is -2.33. The van der Waals surface area contributed by atoms with E-state index in [0.29, 0.717) is 0 Å². The number of nitrogens with zero attached hydrogens (tertiary/aromatic N) is 1. The quantitative estimate of drug-likeness (QED) is 0.751. The summed E-state index contributed by atoms with van der Waals surface area (Å²) in [4.78, 5) is 13.6. The number of rotatable bonds is 3. The molecule has 3 nitrogen and oxygen atoms in total. The molecule has 0 bridgehead atoms. The minimum absolute atomic E-state index is 0.0881. The second kappa shape index (κ2) is 4.34. The van der Waals surface area contributed by atoms with Crippen molar-refractivity contribution in [3.05, 3.63) is 30.3 Å². The summed E-state index contributed by atoms with van der Waals surface area (Å²) in [6, 6.07) is 9.45. The van der Waals surface area contributed by atoms with Crippen LogP contribution in [0.3, 0.4) is 0 Å². The molecule has 15 heavy (non-hydrogen) atoms. The Morgan fingerprint density at radius 1 is 1.33 bits per heavy atom. The zero-order chi connectivity index (χ0) is 10.7. The van der Waals surface area contributed by atoms with Crippen molar-refractivity contribution in [3.63, 3.8) is 0 Å². The van der Waals surface area contributed by atoms with E-state index in [-0.39, 0.29) is 12.0 Å². The number of hydrogen-bond donors (Lipinski definition) is 0. The largest absolute Gasteiger partial charge is 0.481 e. The summed E-state index contributed by atoms with van der Waals surface area (Å²) in [5.41, 5.74) is 0. The van der Waals surface area contributed by atoms with Crippen molar-refractivity contribution in [1.29, 1.82) is 0 Å². The Hall–Kier alpha value is -1.51. The highest BCUT2D eigenvalue weighted by Crippen LogP contribution is 2.14. The number of amides is 1. The number of likely N-dealkylation sites (tertiary alicyclic amines) is 1. The molecule has 1 amide bonds. The van der Waals surface area contributed by atoms with Crippen LogP contribution in [0.5, 0.6) is 5.75 Å². The number of carbonyl (C=O) groups excluding carboxylic acids is 1. The van der Waals surface area contributed by atoms with Crippen LogP contribution in [-0.4, -0.2) is 30.0 Å². The van der Waals surface area contributed by atoms with Gasteiger partial charge < -0.3 is 9.64 Å². The van der Waals surface area contributed by atoms with Gasteiger partial charge in [-0.25, -0.2) is 0 Å². The third-order valence-electron chi connectivity index (χ3n) is 2.57. The smallest absolute Gasteiger partial charge is 0.263 e. The van der Waals surface area contributed by atoms with E-state index in [2.05, 4.69) is 0 Å². The van der Waals surface area contributed by atoms with E-state index < -0.39 is 0 Å². The Kier molecular flexibility index (Phi) is 2.90. The van der Waals surface area contributed by atoms with Gasteiger partial charge in [0.2, 0.25) is 0 Å². The SMILES string of the molecule is CC(Oc1ccccc1)C(=O)N1CCC1. The van der Waals surface area contributed by atoms with Gasteiger partial charge in [-0.1, -0.05) is 18.2 Å². The minimum Gasteiger partial charge on any atom is -0.481 e. The average molecular weight is 205 g/mol. The van der Waals surface area contributed by atoms with Gasteiger partial charge in [0.25, 0.3) is 5.91 Å². The molecule has 0 aromatic heterocycles. The minimum atomic E-state index is -0.382. The van der Waals surface area contributed by atoms with E-state index in [1.807, 2.05) is 35.2 Å². The second-order valence-electron chi connectivity index (χ2n) is 3.75. The third-order valence-corrected chi connectivity index (χ3v) is 2.57. The van der Waals surface area contributed by atoms with Crippen LogP contribution < -0.4 is 4.74 Å². The Morgan fingerprint density at radius 2 is 2.00 bits per heavy atom. The van der Waals surface area contributed by atoms with E-state index in [9.17, 15) is 4.79 Å². The summed E-state index contributed by atoms with van der Waals surface area (Å²) in [7, 11) is 0. The molecular weight excluding hydrogens is 190 g/mol. The maximum atomic E-state index is 11.7. The van der Waals surface area contributed by atoms with E-state index in [1.54, 1.807) is 6.92 Å². The number of para-hydroxylation sites is 1. The van der Waals surface area contributed by atoms with Gasteiger partial charge in [-0.05, 0) is 25.5 Å². The number of carbonyl (C=O) groups is 1. The highest BCUT2D eigenvalue weighted by Gasteiger charge is 2.26. The van der Waals surface area contributed by atoms with E-state index in [0.717, 1.165) is 25.3 Å². The summed E-state index contributed by atoms with van der Waals surface area (Å²) in [6.07, 6.45) is 0.733. The Morgan fingerprint density at radius 3 is 2.53 bits per heavy atom. The van der Waals surface area contributed by atoms with Crippen molar-refractivity contribution in [3.8, 4) is 5.75 Å². The molecule has 2 rings (SSSR count). The van der Waals surface area contributed by atoms with Crippen LogP contribution in [0.1, 0.15) is 13.3 Å². The lowest BCUT2D eigenvalue weighted by Crippen LogP contribution is -2.47. The fourth-order valence-corrected chi connectivity index (χ4v) is 1.55. The van der Waals surface area contributed by atoms with Gasteiger partial charge in [0, 0.05) is 13.1 Å². The average Bonchev–Trinajstić information content (AvgIpc) is 2.16. The molecule has 1 aliphatic heterocycles. The summed E-state index contributed by atoms with van der Waals surface area (Å²) < 4.78 is 5.54. The zero-order valence-corrected chi connectivity index (χ0v) is 8.85. The van der Waals surface area contributed by atoms with E-state index in [4.69, 9.17) is 4.74 Å². The molecule has 1 unspecified atom stereocenters. The summed E-state index contributed by atoms with van der Waals surface area (Å²) in [5.74, 6) is 0.837. The molecule has 0 spiro atoms. The Balaban J connectivity index is 1.91. The third kappa shape index (κ3) is 2.29. The van der Waals surface area contributed by atoms with Gasteiger partial charge in [-0.15, -0.1) is 0 Å². The molecule has 1 saturated heterocycles. The maximum absolute atomic E-state index is 11.7. The summed E-state index contributed by atoms with van der Waals surface area (Å²) >= 11 is 0.